The van der Waals surface area contributed by atoms with Crippen LogP contribution in [0, 0.1) is 0 Å². The first kappa shape index (κ1) is 18.7. The van der Waals surface area contributed by atoms with Gasteiger partial charge in [-0.2, -0.15) is 0 Å². The first-order valence-electron chi connectivity index (χ1n) is 7.66. The number of carbonyl (C=O) groups excluding carboxylic acids is 2. The summed E-state index contributed by atoms with van der Waals surface area (Å²) in [6.07, 6.45) is 0.446. The van der Waals surface area contributed by atoms with Crippen LogP contribution in [0.1, 0.15) is 30.6 Å². The van der Waals surface area contributed by atoms with Crippen LogP contribution < -0.4 is 4.74 Å². The van der Waals surface area contributed by atoms with E-state index in [1.807, 2.05) is 0 Å². The van der Waals surface area contributed by atoms with Crippen LogP contribution >= 0.6 is 11.6 Å². The van der Waals surface area contributed by atoms with Gasteiger partial charge in [0, 0.05) is 17.6 Å². The van der Waals surface area contributed by atoms with Gasteiger partial charge in [-0.05, 0) is 38.5 Å². The summed E-state index contributed by atoms with van der Waals surface area (Å²) >= 11 is 5.87. The molecule has 0 radical (unpaired) electrons. The van der Waals surface area contributed by atoms with Gasteiger partial charge in [-0.3, -0.25) is 9.59 Å². The molecule has 0 spiro atoms. The summed E-state index contributed by atoms with van der Waals surface area (Å²) in [7, 11) is -3.07. The molecule has 6 nitrogen and oxygen atoms in total. The fourth-order valence-corrected chi connectivity index (χ4v) is 4.69. The predicted molar refractivity (Wildman–Crippen MR) is 91.4 cm³/mol. The maximum Gasteiger partial charge on any atom is 0.260 e. The van der Waals surface area contributed by atoms with Crippen molar-refractivity contribution in [1.29, 1.82) is 0 Å². The summed E-state index contributed by atoms with van der Waals surface area (Å²) in [5, 5.41) is 0.408. The third-order valence-corrected chi connectivity index (χ3v) is 5.97. The number of amides is 1. The van der Waals surface area contributed by atoms with Crippen molar-refractivity contribution in [2.75, 3.05) is 24.7 Å². The topological polar surface area (TPSA) is 80.8 Å². The Morgan fingerprint density at radius 2 is 2.08 bits per heavy atom. The summed E-state index contributed by atoms with van der Waals surface area (Å²) in [6, 6.07) is 4.30. The number of ketones is 1. The number of halogens is 1. The molecule has 1 aromatic carbocycles. The average Bonchev–Trinajstić information content (AvgIpc) is 2.86. The highest BCUT2D eigenvalue weighted by atomic mass is 35.5. The van der Waals surface area contributed by atoms with Crippen molar-refractivity contribution in [3.05, 3.63) is 28.8 Å². The lowest BCUT2D eigenvalue weighted by atomic mass is 10.1. The van der Waals surface area contributed by atoms with Gasteiger partial charge >= 0.3 is 0 Å². The van der Waals surface area contributed by atoms with Gasteiger partial charge in [0.15, 0.2) is 22.2 Å². The molecule has 0 N–H and O–H groups in total. The molecule has 1 unspecified atom stereocenters. The standard InChI is InChI=1S/C16H20ClNO5S/c1-3-18(13-6-7-24(21,22)10-13)16(20)9-23-15-5-4-12(17)8-14(15)11(2)19/h4-5,8,13H,3,6-7,9-10H2,1-2H3. The Labute approximate surface area is 146 Å². The van der Waals surface area contributed by atoms with E-state index < -0.39 is 9.84 Å². The highest BCUT2D eigenvalue weighted by Crippen LogP contribution is 2.24. The van der Waals surface area contributed by atoms with Crippen LogP contribution in [0.15, 0.2) is 18.2 Å². The molecule has 1 aromatic rings. The molecule has 0 bridgehead atoms. The molecule has 24 heavy (non-hydrogen) atoms. The van der Waals surface area contributed by atoms with Crippen LogP contribution in [0.2, 0.25) is 5.02 Å². The largest absolute Gasteiger partial charge is 0.483 e. The Hall–Kier alpha value is -1.60. The zero-order valence-corrected chi connectivity index (χ0v) is 15.2. The monoisotopic (exact) mass is 373 g/mol. The number of Topliss-reactive ketones (excluding diaryl/α,β-unsaturated/α-hetero) is 1. The number of hydrogen-bond acceptors (Lipinski definition) is 5. The fraction of sp³-hybridized carbons (Fsp3) is 0.500. The van der Waals surface area contributed by atoms with E-state index in [9.17, 15) is 18.0 Å². The summed E-state index contributed by atoms with van der Waals surface area (Å²) in [4.78, 5) is 25.5. The van der Waals surface area contributed by atoms with Gasteiger partial charge in [0.05, 0.1) is 17.1 Å². The Kier molecular flexibility index (Phi) is 5.87. The van der Waals surface area contributed by atoms with Crippen LogP contribution in [0.4, 0.5) is 0 Å². The highest BCUT2D eigenvalue weighted by Gasteiger charge is 2.34. The van der Waals surface area contributed by atoms with Crippen molar-refractivity contribution in [3.8, 4) is 5.75 Å². The van der Waals surface area contributed by atoms with Crippen LogP contribution in [0.5, 0.6) is 5.75 Å². The third-order valence-electron chi connectivity index (χ3n) is 3.98. The van der Waals surface area contributed by atoms with Gasteiger partial charge in [0.2, 0.25) is 0 Å². The molecule has 1 amide bonds. The van der Waals surface area contributed by atoms with E-state index in [1.54, 1.807) is 19.1 Å². The maximum absolute atomic E-state index is 12.4. The number of carbonyl (C=O) groups is 2. The third kappa shape index (κ3) is 4.48. The molecule has 1 fully saturated rings. The smallest absolute Gasteiger partial charge is 0.260 e. The molecule has 1 atom stereocenters. The van der Waals surface area contributed by atoms with E-state index in [4.69, 9.17) is 16.3 Å². The second-order valence-corrected chi connectivity index (χ2v) is 8.39. The molecule has 1 aliphatic heterocycles. The van der Waals surface area contributed by atoms with E-state index >= 15 is 0 Å². The first-order chi connectivity index (χ1) is 11.2. The van der Waals surface area contributed by atoms with Gasteiger partial charge in [-0.1, -0.05) is 11.6 Å². The van der Waals surface area contributed by atoms with Crippen molar-refractivity contribution >= 4 is 33.1 Å². The van der Waals surface area contributed by atoms with Gasteiger partial charge in [0.25, 0.3) is 5.91 Å². The summed E-state index contributed by atoms with van der Waals surface area (Å²) < 4.78 is 28.7. The average molecular weight is 374 g/mol. The lowest BCUT2D eigenvalue weighted by Gasteiger charge is -2.27. The number of rotatable bonds is 6. The molecular weight excluding hydrogens is 354 g/mol. The molecule has 132 valence electrons. The van der Waals surface area contributed by atoms with Crippen LogP contribution in [0.3, 0.4) is 0 Å². The lowest BCUT2D eigenvalue weighted by Crippen LogP contribution is -2.43. The highest BCUT2D eigenvalue weighted by molar-refractivity contribution is 7.91. The molecule has 2 rings (SSSR count). The molecule has 8 heteroatoms. The Morgan fingerprint density at radius 1 is 1.38 bits per heavy atom. The van der Waals surface area contributed by atoms with Crippen LogP contribution in [0.25, 0.3) is 0 Å². The van der Waals surface area contributed by atoms with Crippen molar-refractivity contribution in [1.82, 2.24) is 4.90 Å². The molecule has 1 saturated heterocycles. The number of nitrogens with zero attached hydrogens (tertiary/aromatic N) is 1. The van der Waals surface area contributed by atoms with E-state index in [0.717, 1.165) is 0 Å². The SMILES string of the molecule is CCN(C(=O)COc1ccc(Cl)cc1C(C)=O)C1CCS(=O)(=O)C1. The summed E-state index contributed by atoms with van der Waals surface area (Å²) in [5.41, 5.74) is 0.307. The van der Waals surface area contributed by atoms with Gasteiger partial charge < -0.3 is 9.64 Å². The quantitative estimate of drug-likeness (QED) is 0.712. The van der Waals surface area contributed by atoms with Gasteiger partial charge in [-0.15, -0.1) is 0 Å². The van der Waals surface area contributed by atoms with Crippen molar-refractivity contribution in [2.45, 2.75) is 26.3 Å². The van der Waals surface area contributed by atoms with Crippen LogP contribution in [-0.2, 0) is 14.6 Å². The molecule has 0 saturated carbocycles. The minimum Gasteiger partial charge on any atom is -0.483 e. The number of benzene rings is 1. The lowest BCUT2D eigenvalue weighted by molar-refractivity contribution is -0.135. The Balaban J connectivity index is 2.06. The van der Waals surface area contributed by atoms with Gasteiger partial charge in [0.1, 0.15) is 5.75 Å². The molecular formula is C16H20ClNO5S. The number of ether oxygens (including phenoxy) is 1. The van der Waals surface area contributed by atoms with Crippen LogP contribution in [-0.4, -0.2) is 55.7 Å². The summed E-state index contributed by atoms with van der Waals surface area (Å²) in [5.74, 6) is -0.131. The molecule has 0 aliphatic carbocycles. The first-order valence-corrected chi connectivity index (χ1v) is 9.86. The molecule has 0 aromatic heterocycles. The summed E-state index contributed by atoms with van der Waals surface area (Å²) in [6.45, 7) is 3.34. The second-order valence-electron chi connectivity index (χ2n) is 5.72. The van der Waals surface area contributed by atoms with E-state index in [1.165, 1.54) is 17.9 Å². The minimum absolute atomic E-state index is 0.00772. The van der Waals surface area contributed by atoms with E-state index in [-0.39, 0.29) is 41.6 Å². The van der Waals surface area contributed by atoms with Gasteiger partial charge in [-0.25, -0.2) is 8.42 Å². The van der Waals surface area contributed by atoms with Crippen molar-refractivity contribution in [2.24, 2.45) is 0 Å². The molecule has 1 aliphatic rings. The van der Waals surface area contributed by atoms with Crippen molar-refractivity contribution < 1.29 is 22.7 Å². The Bertz CT molecular complexity index is 747. The number of likely N-dealkylation sites (N-methyl/N-ethyl adjacent to an activating group) is 1. The second kappa shape index (κ2) is 7.53. The zero-order valence-electron chi connectivity index (χ0n) is 13.6. The normalized spacial score (nSPS) is 19.0. The number of sulfone groups is 1. The Morgan fingerprint density at radius 3 is 2.62 bits per heavy atom. The molecule has 1 heterocycles. The fourth-order valence-electron chi connectivity index (χ4n) is 2.78. The van der Waals surface area contributed by atoms with E-state index in [2.05, 4.69) is 0 Å². The maximum atomic E-state index is 12.4. The number of hydrogen-bond donors (Lipinski definition) is 0. The van der Waals surface area contributed by atoms with Crippen molar-refractivity contribution in [3.63, 3.8) is 0 Å². The zero-order chi connectivity index (χ0) is 17.9. The van der Waals surface area contributed by atoms with E-state index in [0.29, 0.717) is 23.6 Å². The minimum atomic E-state index is -3.07. The predicted octanol–water partition coefficient (Wildman–Crippen LogP) is 1.96.